The van der Waals surface area contributed by atoms with E-state index in [1.807, 2.05) is 0 Å². The second-order valence-electron chi connectivity index (χ2n) is 6.85. The van der Waals surface area contributed by atoms with Crippen molar-refractivity contribution in [2.24, 2.45) is 0 Å². The fraction of sp³-hybridized carbons (Fsp3) is 0.263. The number of hydrogen-bond donors (Lipinski definition) is 0. The summed E-state index contributed by atoms with van der Waals surface area (Å²) in [5.74, 6) is 0.157. The summed E-state index contributed by atoms with van der Waals surface area (Å²) in [6.07, 6.45) is -0.651. The number of hydrogen-bond acceptors (Lipinski definition) is 4. The highest BCUT2D eigenvalue weighted by molar-refractivity contribution is 6.32. The molecule has 0 atom stereocenters. The van der Waals surface area contributed by atoms with Gasteiger partial charge < -0.3 is 9.47 Å². The van der Waals surface area contributed by atoms with Crippen LogP contribution in [0.15, 0.2) is 36.4 Å². The molecule has 3 aromatic rings. The van der Waals surface area contributed by atoms with Gasteiger partial charge >= 0.3 is 6.09 Å². The van der Waals surface area contributed by atoms with E-state index in [4.69, 9.17) is 17.3 Å². The lowest BCUT2D eigenvalue weighted by Gasteiger charge is -2.20. The summed E-state index contributed by atoms with van der Waals surface area (Å²) >= 11 is 0. The molecule has 7 heteroatoms. The van der Waals surface area contributed by atoms with E-state index in [9.17, 15) is 9.18 Å². The van der Waals surface area contributed by atoms with Crippen LogP contribution in [0.1, 0.15) is 20.8 Å². The van der Waals surface area contributed by atoms with Crippen molar-refractivity contribution >= 4 is 30.4 Å². The Morgan fingerprint density at radius 3 is 2.58 bits per heavy atom. The number of imidazole rings is 1. The van der Waals surface area contributed by atoms with Gasteiger partial charge in [-0.1, -0.05) is 17.6 Å². The first-order chi connectivity index (χ1) is 12.2. The van der Waals surface area contributed by atoms with Crippen molar-refractivity contribution in [2.75, 3.05) is 7.11 Å². The highest BCUT2D eigenvalue weighted by atomic mass is 19.1. The molecule has 0 N–H and O–H groups in total. The molecule has 0 fully saturated rings. The Hall–Kier alpha value is -2.83. The van der Waals surface area contributed by atoms with Gasteiger partial charge in [-0.25, -0.2) is 18.7 Å². The van der Waals surface area contributed by atoms with E-state index in [1.165, 1.54) is 29.9 Å². The van der Waals surface area contributed by atoms with Crippen molar-refractivity contribution in [3.05, 3.63) is 42.2 Å². The van der Waals surface area contributed by atoms with E-state index in [1.54, 1.807) is 39.0 Å². The van der Waals surface area contributed by atoms with Crippen molar-refractivity contribution in [3.8, 4) is 17.1 Å². The number of carbonyl (C=O) groups is 1. The molecule has 132 valence electrons. The van der Waals surface area contributed by atoms with Gasteiger partial charge in [-0.05, 0) is 39.0 Å². The van der Waals surface area contributed by atoms with Crippen molar-refractivity contribution in [3.63, 3.8) is 0 Å². The fourth-order valence-corrected chi connectivity index (χ4v) is 2.57. The topological polar surface area (TPSA) is 53.4 Å². The molecule has 0 bridgehead atoms. The molecular formula is C19H18BFN2O3. The Bertz CT molecular complexity index is 992. The zero-order valence-electron chi connectivity index (χ0n) is 15.0. The van der Waals surface area contributed by atoms with Crippen LogP contribution in [0.25, 0.3) is 22.4 Å². The molecular weight excluding hydrogens is 334 g/mol. The van der Waals surface area contributed by atoms with Crippen LogP contribution in [0.2, 0.25) is 0 Å². The number of ether oxygens (including phenoxy) is 2. The van der Waals surface area contributed by atoms with Crippen LogP contribution in [0.4, 0.5) is 9.18 Å². The predicted molar refractivity (Wildman–Crippen MR) is 98.7 cm³/mol. The highest BCUT2D eigenvalue weighted by Crippen LogP contribution is 2.29. The summed E-state index contributed by atoms with van der Waals surface area (Å²) in [7, 11) is 7.33. The minimum atomic E-state index is -0.717. The first-order valence-electron chi connectivity index (χ1n) is 8.05. The summed E-state index contributed by atoms with van der Waals surface area (Å²) in [5, 5.41) is 0. The van der Waals surface area contributed by atoms with Crippen LogP contribution in [-0.2, 0) is 4.74 Å². The van der Waals surface area contributed by atoms with Gasteiger partial charge in [0.1, 0.15) is 25.0 Å². The molecule has 0 aliphatic heterocycles. The maximum atomic E-state index is 14.4. The summed E-state index contributed by atoms with van der Waals surface area (Å²) in [6.45, 7) is 5.27. The standard InChI is InChI=1S/C19H18BFN2O3/c1-19(2,3)26-18(24)23-16-8-6-12(25-4)10-15(16)22-17(23)13-9-11(20)5-7-14(13)21/h5-10H,1-4H3. The van der Waals surface area contributed by atoms with Gasteiger partial charge in [-0.15, -0.1) is 0 Å². The van der Waals surface area contributed by atoms with Crippen LogP contribution >= 0.6 is 0 Å². The number of halogens is 1. The lowest BCUT2D eigenvalue weighted by atomic mass is 9.94. The lowest BCUT2D eigenvalue weighted by Crippen LogP contribution is -2.27. The van der Waals surface area contributed by atoms with Crippen LogP contribution in [0.5, 0.6) is 5.75 Å². The average Bonchev–Trinajstić information content (AvgIpc) is 2.93. The quantitative estimate of drug-likeness (QED) is 0.663. The predicted octanol–water partition coefficient (Wildman–Crippen LogP) is 3.43. The average molecular weight is 352 g/mol. The number of carbonyl (C=O) groups excluding carboxylic acids is 1. The molecule has 0 unspecified atom stereocenters. The Morgan fingerprint density at radius 2 is 1.92 bits per heavy atom. The lowest BCUT2D eigenvalue weighted by molar-refractivity contribution is 0.0546. The van der Waals surface area contributed by atoms with E-state index < -0.39 is 17.5 Å². The largest absolute Gasteiger partial charge is 0.497 e. The Kier molecular flexibility index (Phi) is 4.48. The monoisotopic (exact) mass is 352 g/mol. The minimum Gasteiger partial charge on any atom is -0.497 e. The van der Waals surface area contributed by atoms with Crippen LogP contribution in [0, 0.1) is 5.82 Å². The van der Waals surface area contributed by atoms with E-state index in [0.717, 1.165) is 0 Å². The van der Waals surface area contributed by atoms with Crippen molar-refractivity contribution in [1.82, 2.24) is 9.55 Å². The Labute approximate surface area is 152 Å². The van der Waals surface area contributed by atoms with Gasteiger partial charge in [0.15, 0.2) is 5.82 Å². The Morgan fingerprint density at radius 1 is 1.19 bits per heavy atom. The first-order valence-corrected chi connectivity index (χ1v) is 8.05. The number of aromatic nitrogens is 2. The fourth-order valence-electron chi connectivity index (χ4n) is 2.57. The summed E-state index contributed by atoms with van der Waals surface area (Å²) < 4.78 is 26.4. The van der Waals surface area contributed by atoms with Crippen LogP contribution < -0.4 is 10.2 Å². The van der Waals surface area contributed by atoms with E-state index in [0.29, 0.717) is 22.2 Å². The molecule has 2 radical (unpaired) electrons. The molecule has 1 aromatic heterocycles. The number of benzene rings is 2. The number of nitrogens with zero attached hydrogens (tertiary/aromatic N) is 2. The summed E-state index contributed by atoms with van der Waals surface area (Å²) in [6, 6.07) is 9.17. The van der Waals surface area contributed by atoms with E-state index >= 15 is 0 Å². The van der Waals surface area contributed by atoms with Gasteiger partial charge in [-0.2, -0.15) is 0 Å². The molecule has 2 aromatic carbocycles. The third-order valence-corrected chi connectivity index (χ3v) is 3.67. The smallest absolute Gasteiger partial charge is 0.420 e. The molecule has 0 saturated carbocycles. The van der Waals surface area contributed by atoms with Gasteiger partial charge in [0.25, 0.3) is 0 Å². The second-order valence-corrected chi connectivity index (χ2v) is 6.85. The van der Waals surface area contributed by atoms with Gasteiger partial charge in [0, 0.05) is 6.07 Å². The number of rotatable bonds is 2. The van der Waals surface area contributed by atoms with Crippen LogP contribution in [-0.4, -0.2) is 36.2 Å². The van der Waals surface area contributed by atoms with Crippen LogP contribution in [0.3, 0.4) is 0 Å². The molecule has 1 heterocycles. The van der Waals surface area contributed by atoms with Crippen molar-refractivity contribution in [2.45, 2.75) is 26.4 Å². The van der Waals surface area contributed by atoms with Gasteiger partial charge in [0.05, 0.1) is 23.7 Å². The van der Waals surface area contributed by atoms with Gasteiger partial charge in [-0.3, -0.25) is 0 Å². The van der Waals surface area contributed by atoms with E-state index in [2.05, 4.69) is 4.98 Å². The third kappa shape index (κ3) is 3.42. The second kappa shape index (κ2) is 6.48. The molecule has 5 nitrogen and oxygen atoms in total. The molecule has 0 aliphatic rings. The summed E-state index contributed by atoms with van der Waals surface area (Å²) in [5.41, 5.74) is 0.725. The molecule has 0 aliphatic carbocycles. The van der Waals surface area contributed by atoms with Crippen molar-refractivity contribution < 1.29 is 18.7 Å². The summed E-state index contributed by atoms with van der Waals surface area (Å²) in [4.78, 5) is 17.2. The Balaban J connectivity index is 2.28. The van der Waals surface area contributed by atoms with Crippen molar-refractivity contribution in [1.29, 1.82) is 0 Å². The van der Waals surface area contributed by atoms with Gasteiger partial charge in [0.2, 0.25) is 0 Å². The molecule has 0 amide bonds. The molecule has 0 saturated heterocycles. The first kappa shape index (κ1) is 18.0. The zero-order chi connectivity index (χ0) is 19.1. The minimum absolute atomic E-state index is 0.117. The number of fused-ring (bicyclic) bond motifs is 1. The third-order valence-electron chi connectivity index (χ3n) is 3.67. The maximum absolute atomic E-state index is 14.4. The number of methoxy groups -OCH3 is 1. The SMILES string of the molecule is [B]c1ccc(F)c(-c2nc3cc(OC)ccc3n2C(=O)OC(C)(C)C)c1. The van der Waals surface area contributed by atoms with E-state index in [-0.39, 0.29) is 11.4 Å². The maximum Gasteiger partial charge on any atom is 0.420 e. The normalized spacial score (nSPS) is 11.6. The zero-order valence-corrected chi connectivity index (χ0v) is 15.0. The molecule has 26 heavy (non-hydrogen) atoms. The molecule has 0 spiro atoms. The molecule has 3 rings (SSSR count). The highest BCUT2D eigenvalue weighted by Gasteiger charge is 2.25.